The van der Waals surface area contributed by atoms with Gasteiger partial charge in [-0.2, -0.15) is 0 Å². The minimum absolute atomic E-state index is 0.382. The number of carbonyl (C=O) groups excluding carboxylic acids is 1. The Morgan fingerprint density at radius 2 is 1.73 bits per heavy atom. The average molecular weight is 196 g/mol. The number of aromatic nitrogens is 1. The van der Waals surface area contributed by atoms with Crippen molar-refractivity contribution in [3.63, 3.8) is 0 Å². The van der Waals surface area contributed by atoms with Crippen molar-refractivity contribution in [3.05, 3.63) is 66.0 Å². The molecule has 1 aromatic heterocycles. The van der Waals surface area contributed by atoms with Gasteiger partial charge in [0.2, 0.25) is 6.29 Å². The molecule has 1 aromatic carbocycles. The third kappa shape index (κ3) is 2.10. The number of pyridine rings is 1. The van der Waals surface area contributed by atoms with Crippen molar-refractivity contribution >= 4 is 6.29 Å². The second-order valence-electron chi connectivity index (χ2n) is 3.22. The van der Waals surface area contributed by atoms with Crippen LogP contribution in [0.3, 0.4) is 0 Å². The zero-order valence-corrected chi connectivity index (χ0v) is 8.13. The van der Waals surface area contributed by atoms with Gasteiger partial charge in [-0.05, 0) is 17.7 Å². The maximum absolute atomic E-state index is 10.9. The van der Waals surface area contributed by atoms with Crippen molar-refractivity contribution in [2.24, 2.45) is 0 Å². The lowest BCUT2D eigenvalue weighted by Gasteiger charge is -2.08. The molecule has 0 N–H and O–H groups in total. The zero-order chi connectivity index (χ0) is 10.5. The minimum Gasteiger partial charge on any atom is -0.290 e. The van der Waals surface area contributed by atoms with Gasteiger partial charge in [-0.15, -0.1) is 0 Å². The summed E-state index contributed by atoms with van der Waals surface area (Å²) >= 11 is 0. The van der Waals surface area contributed by atoms with Crippen LogP contribution in [-0.4, -0.2) is 11.3 Å². The maximum Gasteiger partial charge on any atom is 0.212 e. The van der Waals surface area contributed by atoms with Gasteiger partial charge in [-0.25, -0.2) is 0 Å². The van der Waals surface area contributed by atoms with Crippen LogP contribution in [0, 0.1) is 0 Å². The van der Waals surface area contributed by atoms with E-state index in [1.54, 1.807) is 6.20 Å². The van der Waals surface area contributed by atoms with Crippen LogP contribution in [0.25, 0.3) is 0 Å². The first-order valence-electron chi connectivity index (χ1n) is 4.75. The molecule has 0 aliphatic carbocycles. The second kappa shape index (κ2) is 4.51. The predicted molar refractivity (Wildman–Crippen MR) is 58.2 cm³/mol. The summed E-state index contributed by atoms with van der Waals surface area (Å²) in [6, 6.07) is 15.1. The van der Waals surface area contributed by atoms with E-state index in [0.717, 1.165) is 11.3 Å². The summed E-state index contributed by atoms with van der Waals surface area (Å²) in [5.74, 6) is -0.382. The lowest BCUT2D eigenvalue weighted by atomic mass is 9.97. The van der Waals surface area contributed by atoms with Crippen LogP contribution < -0.4 is 0 Å². The summed E-state index contributed by atoms with van der Waals surface area (Å²) in [7, 11) is 0. The summed E-state index contributed by atoms with van der Waals surface area (Å²) in [5, 5.41) is 0. The normalized spacial score (nSPS) is 12.0. The predicted octanol–water partition coefficient (Wildman–Crippen LogP) is 2.32. The molecule has 0 amide bonds. The molecular weight excluding hydrogens is 186 g/mol. The first-order valence-corrected chi connectivity index (χ1v) is 4.75. The first-order chi connectivity index (χ1) is 7.42. The fourth-order valence-electron chi connectivity index (χ4n) is 1.49. The molecule has 0 aliphatic rings. The fourth-order valence-corrected chi connectivity index (χ4v) is 1.49. The maximum atomic E-state index is 10.9. The molecule has 1 heterocycles. The molecule has 73 valence electrons. The molecule has 0 saturated heterocycles. The van der Waals surface area contributed by atoms with Crippen molar-refractivity contribution in [2.75, 3.05) is 0 Å². The van der Waals surface area contributed by atoms with Crippen LogP contribution in [-0.2, 0) is 4.79 Å². The Morgan fingerprint density at radius 3 is 2.33 bits per heavy atom. The fraction of sp³-hybridized carbons (Fsp3) is 0.0769. The van der Waals surface area contributed by atoms with Crippen LogP contribution in [0.1, 0.15) is 17.2 Å². The van der Waals surface area contributed by atoms with Crippen molar-refractivity contribution in [2.45, 2.75) is 5.92 Å². The number of nitrogens with zero attached hydrogens (tertiary/aromatic N) is 1. The molecule has 0 fully saturated rings. The van der Waals surface area contributed by atoms with Gasteiger partial charge in [0.15, 0.2) is 0 Å². The van der Waals surface area contributed by atoms with Gasteiger partial charge in [0, 0.05) is 6.20 Å². The summed E-state index contributed by atoms with van der Waals surface area (Å²) < 4.78 is 0. The van der Waals surface area contributed by atoms with Gasteiger partial charge in [0.05, 0.1) is 11.6 Å². The smallest absolute Gasteiger partial charge is 0.212 e. The van der Waals surface area contributed by atoms with E-state index in [0.29, 0.717) is 0 Å². The van der Waals surface area contributed by atoms with Crippen LogP contribution in [0.4, 0.5) is 0 Å². The molecule has 1 radical (unpaired) electrons. The Hall–Kier alpha value is -1.96. The van der Waals surface area contributed by atoms with E-state index in [-0.39, 0.29) is 5.92 Å². The highest BCUT2D eigenvalue weighted by Gasteiger charge is 2.14. The molecule has 2 heteroatoms. The Balaban J connectivity index is 2.38. The molecule has 0 saturated carbocycles. The zero-order valence-electron chi connectivity index (χ0n) is 8.13. The molecule has 0 aliphatic heterocycles. The second-order valence-corrected chi connectivity index (χ2v) is 3.22. The van der Waals surface area contributed by atoms with Crippen LogP contribution in [0.15, 0.2) is 54.7 Å². The standard InChI is InChI=1S/C13H10NO/c15-10-12(11-6-2-1-3-7-11)13-8-4-5-9-14-13/h1-9,12H. The number of hydrogen-bond acceptors (Lipinski definition) is 2. The number of benzene rings is 1. The lowest BCUT2D eigenvalue weighted by Crippen LogP contribution is -2.03. The van der Waals surface area contributed by atoms with Gasteiger partial charge < -0.3 is 0 Å². The highest BCUT2D eigenvalue weighted by molar-refractivity contribution is 5.67. The summed E-state index contributed by atoms with van der Waals surface area (Å²) in [5.41, 5.74) is 1.66. The quantitative estimate of drug-likeness (QED) is 0.754. The van der Waals surface area contributed by atoms with E-state index in [1.807, 2.05) is 54.8 Å². The van der Waals surface area contributed by atoms with Gasteiger partial charge in [0.1, 0.15) is 0 Å². The molecule has 15 heavy (non-hydrogen) atoms. The number of rotatable bonds is 3. The Kier molecular flexibility index (Phi) is 2.88. The van der Waals surface area contributed by atoms with E-state index in [1.165, 1.54) is 0 Å². The highest BCUT2D eigenvalue weighted by Crippen LogP contribution is 2.19. The van der Waals surface area contributed by atoms with E-state index in [9.17, 15) is 4.79 Å². The van der Waals surface area contributed by atoms with Crippen molar-refractivity contribution in [1.82, 2.24) is 4.98 Å². The summed E-state index contributed by atoms with van der Waals surface area (Å²) in [4.78, 5) is 15.1. The molecular formula is C13H10NO. The van der Waals surface area contributed by atoms with Crippen molar-refractivity contribution in [1.29, 1.82) is 0 Å². The van der Waals surface area contributed by atoms with E-state index < -0.39 is 0 Å². The van der Waals surface area contributed by atoms with E-state index in [4.69, 9.17) is 0 Å². The topological polar surface area (TPSA) is 30.0 Å². The molecule has 1 unspecified atom stereocenters. The first kappa shape index (κ1) is 9.59. The molecule has 0 spiro atoms. The Labute approximate surface area is 88.6 Å². The Morgan fingerprint density at radius 1 is 1.00 bits per heavy atom. The molecule has 2 rings (SSSR count). The molecule has 2 nitrogen and oxygen atoms in total. The van der Waals surface area contributed by atoms with Crippen LogP contribution in [0.5, 0.6) is 0 Å². The van der Waals surface area contributed by atoms with Gasteiger partial charge in [-0.1, -0.05) is 36.4 Å². The Bertz CT molecular complexity index is 385. The van der Waals surface area contributed by atoms with Crippen molar-refractivity contribution in [3.8, 4) is 0 Å². The highest BCUT2D eigenvalue weighted by atomic mass is 16.1. The van der Waals surface area contributed by atoms with Gasteiger partial charge >= 0.3 is 0 Å². The third-order valence-corrected chi connectivity index (χ3v) is 2.23. The summed E-state index contributed by atoms with van der Waals surface area (Å²) in [6.07, 6.45) is 3.71. The number of hydrogen-bond donors (Lipinski definition) is 0. The van der Waals surface area contributed by atoms with Gasteiger partial charge in [0.25, 0.3) is 0 Å². The van der Waals surface area contributed by atoms with E-state index >= 15 is 0 Å². The monoisotopic (exact) mass is 196 g/mol. The third-order valence-electron chi connectivity index (χ3n) is 2.23. The molecule has 0 bridgehead atoms. The SMILES string of the molecule is O=[C]C(c1ccccc1)c1ccccn1. The lowest BCUT2D eigenvalue weighted by molar-refractivity contribution is 0.548. The van der Waals surface area contributed by atoms with Gasteiger partial charge in [-0.3, -0.25) is 9.78 Å². The van der Waals surface area contributed by atoms with Crippen LogP contribution in [0.2, 0.25) is 0 Å². The van der Waals surface area contributed by atoms with Crippen molar-refractivity contribution < 1.29 is 4.79 Å². The van der Waals surface area contributed by atoms with Crippen LogP contribution >= 0.6 is 0 Å². The minimum atomic E-state index is -0.382. The largest absolute Gasteiger partial charge is 0.290 e. The molecule has 1 atom stereocenters. The van der Waals surface area contributed by atoms with E-state index in [2.05, 4.69) is 4.98 Å². The summed E-state index contributed by atoms with van der Waals surface area (Å²) in [6.45, 7) is 0. The molecule has 2 aromatic rings. The average Bonchev–Trinajstić information content (AvgIpc) is 2.33.